The molecule has 31 heavy (non-hydrogen) atoms. The normalized spacial score (nSPS) is 22.5. The minimum atomic E-state index is 0.152. The van der Waals surface area contributed by atoms with Gasteiger partial charge in [0.15, 0.2) is 5.96 Å². The zero-order valence-corrected chi connectivity index (χ0v) is 19.8. The van der Waals surface area contributed by atoms with Gasteiger partial charge in [-0.05, 0) is 70.2 Å². The zero-order valence-electron chi connectivity index (χ0n) is 19.8. The van der Waals surface area contributed by atoms with E-state index < -0.39 is 0 Å². The van der Waals surface area contributed by atoms with Crippen LogP contribution in [0.1, 0.15) is 57.1 Å². The molecule has 6 nitrogen and oxygen atoms in total. The summed E-state index contributed by atoms with van der Waals surface area (Å²) in [5.74, 6) is 2.67. The molecule has 2 heterocycles. The Morgan fingerprint density at radius 1 is 1.26 bits per heavy atom. The standard InChI is InChI=1S/C25H42N4O2/c1-4-26-25(27-12-5-6-13-29-14-7-8-21(3)18-29)28-17-22-10-9-20(2)16-24(22)31-23-11-15-30-19-23/h9-10,16,21,23H,4-8,11-15,17-19H2,1-3H3,(H2,26,27,28). The number of hydrogen-bond donors (Lipinski definition) is 2. The molecule has 0 amide bonds. The molecular formula is C25H42N4O2. The van der Waals surface area contributed by atoms with E-state index in [1.165, 1.54) is 44.5 Å². The summed E-state index contributed by atoms with van der Waals surface area (Å²) < 4.78 is 11.7. The lowest BCUT2D eigenvalue weighted by atomic mass is 10.0. The average Bonchev–Trinajstić information content (AvgIpc) is 3.26. The van der Waals surface area contributed by atoms with Crippen LogP contribution in [0.25, 0.3) is 0 Å². The van der Waals surface area contributed by atoms with Gasteiger partial charge in [0.2, 0.25) is 0 Å². The van der Waals surface area contributed by atoms with Gasteiger partial charge in [-0.2, -0.15) is 0 Å². The van der Waals surface area contributed by atoms with Crippen molar-refractivity contribution in [2.75, 3.05) is 45.9 Å². The van der Waals surface area contributed by atoms with E-state index in [2.05, 4.69) is 54.5 Å². The summed E-state index contributed by atoms with van der Waals surface area (Å²) in [6, 6.07) is 6.38. The van der Waals surface area contributed by atoms with Gasteiger partial charge in [-0.25, -0.2) is 4.99 Å². The molecule has 3 rings (SSSR count). The number of piperidine rings is 1. The Morgan fingerprint density at radius 2 is 2.16 bits per heavy atom. The quantitative estimate of drug-likeness (QED) is 0.337. The van der Waals surface area contributed by atoms with E-state index in [9.17, 15) is 0 Å². The van der Waals surface area contributed by atoms with Crippen molar-refractivity contribution in [3.05, 3.63) is 29.3 Å². The first-order valence-electron chi connectivity index (χ1n) is 12.2. The average molecular weight is 431 g/mol. The molecule has 2 atom stereocenters. The van der Waals surface area contributed by atoms with E-state index in [1.54, 1.807) is 0 Å². The molecule has 0 saturated carbocycles. The number of aliphatic imine (C=N–C) groups is 1. The van der Waals surface area contributed by atoms with Crippen molar-refractivity contribution < 1.29 is 9.47 Å². The van der Waals surface area contributed by atoms with E-state index in [4.69, 9.17) is 14.5 Å². The Hall–Kier alpha value is -1.79. The van der Waals surface area contributed by atoms with Gasteiger partial charge in [0.05, 0.1) is 19.8 Å². The number of nitrogens with zero attached hydrogens (tertiary/aromatic N) is 2. The van der Waals surface area contributed by atoms with Crippen LogP contribution in [-0.4, -0.2) is 62.9 Å². The number of hydrogen-bond acceptors (Lipinski definition) is 4. The van der Waals surface area contributed by atoms with Crippen LogP contribution in [-0.2, 0) is 11.3 Å². The third kappa shape index (κ3) is 8.34. The zero-order chi connectivity index (χ0) is 21.9. The van der Waals surface area contributed by atoms with Crippen LogP contribution < -0.4 is 15.4 Å². The highest BCUT2D eigenvalue weighted by Gasteiger charge is 2.19. The molecule has 174 valence electrons. The number of guanidine groups is 1. The number of rotatable bonds is 10. The van der Waals surface area contributed by atoms with Crippen LogP contribution >= 0.6 is 0 Å². The predicted molar refractivity (Wildman–Crippen MR) is 128 cm³/mol. The first-order valence-corrected chi connectivity index (χ1v) is 12.2. The highest BCUT2D eigenvalue weighted by atomic mass is 16.5. The van der Waals surface area contributed by atoms with E-state index >= 15 is 0 Å². The van der Waals surface area contributed by atoms with Gasteiger partial charge in [-0.1, -0.05) is 19.1 Å². The maximum atomic E-state index is 6.22. The summed E-state index contributed by atoms with van der Waals surface area (Å²) in [4.78, 5) is 7.45. The molecule has 2 aliphatic rings. The highest BCUT2D eigenvalue weighted by molar-refractivity contribution is 5.79. The smallest absolute Gasteiger partial charge is 0.191 e. The van der Waals surface area contributed by atoms with Crippen molar-refractivity contribution >= 4 is 5.96 Å². The maximum Gasteiger partial charge on any atom is 0.191 e. The Labute approximate surface area is 188 Å². The Bertz CT molecular complexity index is 688. The fraction of sp³-hybridized carbons (Fsp3) is 0.720. The predicted octanol–water partition coefficient (Wildman–Crippen LogP) is 3.73. The summed E-state index contributed by atoms with van der Waals surface area (Å²) in [7, 11) is 0. The molecule has 0 aliphatic carbocycles. The second-order valence-electron chi connectivity index (χ2n) is 9.09. The van der Waals surface area contributed by atoms with Crippen molar-refractivity contribution in [3.63, 3.8) is 0 Å². The lowest BCUT2D eigenvalue weighted by molar-refractivity contribution is 0.140. The topological polar surface area (TPSA) is 58.1 Å². The minimum Gasteiger partial charge on any atom is -0.488 e. The van der Waals surface area contributed by atoms with E-state index in [1.807, 2.05) is 0 Å². The van der Waals surface area contributed by atoms with E-state index in [-0.39, 0.29) is 6.10 Å². The summed E-state index contributed by atoms with van der Waals surface area (Å²) in [5, 5.41) is 6.87. The van der Waals surface area contributed by atoms with Gasteiger partial charge < -0.3 is 25.0 Å². The third-order valence-electron chi connectivity index (χ3n) is 6.09. The molecule has 0 bridgehead atoms. The van der Waals surface area contributed by atoms with Crippen molar-refractivity contribution in [2.24, 2.45) is 10.9 Å². The molecule has 2 aliphatic heterocycles. The van der Waals surface area contributed by atoms with Crippen molar-refractivity contribution in [1.29, 1.82) is 0 Å². The van der Waals surface area contributed by atoms with Crippen molar-refractivity contribution in [3.8, 4) is 5.75 Å². The molecule has 2 saturated heterocycles. The second-order valence-corrected chi connectivity index (χ2v) is 9.09. The van der Waals surface area contributed by atoms with Crippen molar-refractivity contribution in [1.82, 2.24) is 15.5 Å². The molecule has 0 spiro atoms. The summed E-state index contributed by atoms with van der Waals surface area (Å²) in [5.41, 5.74) is 2.32. The monoisotopic (exact) mass is 430 g/mol. The molecule has 2 unspecified atom stereocenters. The molecule has 1 aromatic rings. The molecule has 2 fully saturated rings. The fourth-order valence-corrected chi connectivity index (χ4v) is 4.35. The fourth-order valence-electron chi connectivity index (χ4n) is 4.35. The molecule has 6 heteroatoms. The summed E-state index contributed by atoms with van der Waals surface area (Å²) >= 11 is 0. The van der Waals surface area contributed by atoms with Crippen LogP contribution in [0.4, 0.5) is 0 Å². The van der Waals surface area contributed by atoms with Gasteiger partial charge in [0.25, 0.3) is 0 Å². The molecule has 0 radical (unpaired) electrons. The third-order valence-corrected chi connectivity index (χ3v) is 6.09. The van der Waals surface area contributed by atoms with Crippen LogP contribution in [0.3, 0.4) is 0 Å². The minimum absolute atomic E-state index is 0.152. The highest BCUT2D eigenvalue weighted by Crippen LogP contribution is 2.24. The molecular weight excluding hydrogens is 388 g/mol. The first kappa shape index (κ1) is 23.9. The first-order chi connectivity index (χ1) is 15.1. The second kappa shape index (κ2) is 12.9. The summed E-state index contributed by atoms with van der Waals surface area (Å²) in [6.45, 7) is 14.2. The van der Waals surface area contributed by atoms with Gasteiger partial charge in [-0.3, -0.25) is 0 Å². The Balaban J connectivity index is 1.46. The Kier molecular flexibility index (Phi) is 9.94. The molecule has 2 N–H and O–H groups in total. The number of benzene rings is 1. The number of unbranched alkanes of at least 4 members (excludes halogenated alkanes) is 1. The molecule has 1 aromatic carbocycles. The van der Waals surface area contributed by atoms with E-state index in [0.717, 1.165) is 55.7 Å². The van der Waals surface area contributed by atoms with Crippen LogP contribution in [0.5, 0.6) is 5.75 Å². The SMILES string of the molecule is CCNC(=NCc1ccc(C)cc1OC1CCOC1)NCCCCN1CCCC(C)C1. The molecule has 0 aromatic heterocycles. The largest absolute Gasteiger partial charge is 0.488 e. The number of aryl methyl sites for hydroxylation is 1. The lowest BCUT2D eigenvalue weighted by Gasteiger charge is -2.30. The van der Waals surface area contributed by atoms with Gasteiger partial charge in [0.1, 0.15) is 11.9 Å². The number of likely N-dealkylation sites (tertiary alicyclic amines) is 1. The van der Waals surface area contributed by atoms with E-state index in [0.29, 0.717) is 13.2 Å². The van der Waals surface area contributed by atoms with Gasteiger partial charge >= 0.3 is 0 Å². The van der Waals surface area contributed by atoms with Crippen LogP contribution in [0.2, 0.25) is 0 Å². The summed E-state index contributed by atoms with van der Waals surface area (Å²) in [6.07, 6.45) is 6.25. The van der Waals surface area contributed by atoms with Crippen LogP contribution in [0, 0.1) is 12.8 Å². The number of ether oxygens (including phenoxy) is 2. The Morgan fingerprint density at radius 3 is 2.94 bits per heavy atom. The van der Waals surface area contributed by atoms with Crippen LogP contribution in [0.15, 0.2) is 23.2 Å². The van der Waals surface area contributed by atoms with Crippen molar-refractivity contribution in [2.45, 2.75) is 65.5 Å². The lowest BCUT2D eigenvalue weighted by Crippen LogP contribution is -2.38. The van der Waals surface area contributed by atoms with Gasteiger partial charge in [-0.15, -0.1) is 0 Å². The number of nitrogens with one attached hydrogen (secondary N) is 2. The maximum absolute atomic E-state index is 6.22. The van der Waals surface area contributed by atoms with Gasteiger partial charge in [0, 0.05) is 31.6 Å².